The predicted octanol–water partition coefficient (Wildman–Crippen LogP) is 6.62. The van der Waals surface area contributed by atoms with E-state index in [4.69, 9.17) is 16.3 Å². The van der Waals surface area contributed by atoms with Crippen LogP contribution >= 0.6 is 39.3 Å². The Kier molecular flexibility index (Phi) is 7.21. The summed E-state index contributed by atoms with van der Waals surface area (Å²) in [7, 11) is 0. The van der Waals surface area contributed by atoms with Gasteiger partial charge in [-0.05, 0) is 49.2 Å². The SMILES string of the molecule is C=CCn1c(SCc2cccc(Br)c2)nnc1C(C)Oc1cc(C)ccc1Cl. The van der Waals surface area contributed by atoms with Crippen molar-refractivity contribution >= 4 is 39.3 Å². The van der Waals surface area contributed by atoms with Crippen molar-refractivity contribution in [2.45, 2.75) is 37.4 Å². The molecule has 0 aliphatic rings. The highest BCUT2D eigenvalue weighted by Crippen LogP contribution is 2.31. The van der Waals surface area contributed by atoms with Crippen LogP contribution in [-0.2, 0) is 12.3 Å². The maximum atomic E-state index is 6.27. The number of hydrogen-bond donors (Lipinski definition) is 0. The second kappa shape index (κ2) is 9.63. The van der Waals surface area contributed by atoms with Crippen LogP contribution in [0.2, 0.25) is 5.02 Å². The van der Waals surface area contributed by atoms with Crippen molar-refractivity contribution in [3.63, 3.8) is 0 Å². The molecule has 1 unspecified atom stereocenters. The van der Waals surface area contributed by atoms with Gasteiger partial charge in [-0.2, -0.15) is 0 Å². The number of nitrogens with zero attached hydrogens (tertiary/aromatic N) is 3. The first-order chi connectivity index (χ1) is 13.5. The standard InChI is InChI=1S/C21H21BrClN3OS/c1-4-10-26-20(15(3)27-19-11-14(2)8-9-18(19)23)24-25-21(26)28-13-16-6-5-7-17(22)12-16/h4-9,11-12,15H,1,10,13H2,2-3H3. The van der Waals surface area contributed by atoms with E-state index >= 15 is 0 Å². The molecule has 3 aromatic rings. The number of aromatic nitrogens is 3. The van der Waals surface area contributed by atoms with Crippen LogP contribution in [-0.4, -0.2) is 14.8 Å². The van der Waals surface area contributed by atoms with Gasteiger partial charge in [0, 0.05) is 16.8 Å². The fourth-order valence-electron chi connectivity index (χ4n) is 2.73. The molecule has 0 bridgehead atoms. The van der Waals surface area contributed by atoms with Crippen LogP contribution in [0.1, 0.15) is 30.0 Å². The second-order valence-electron chi connectivity index (χ2n) is 6.35. The third-order valence-electron chi connectivity index (χ3n) is 4.07. The van der Waals surface area contributed by atoms with Gasteiger partial charge < -0.3 is 4.74 Å². The molecular formula is C21H21BrClN3OS. The monoisotopic (exact) mass is 477 g/mol. The van der Waals surface area contributed by atoms with Crippen molar-refractivity contribution in [3.8, 4) is 5.75 Å². The van der Waals surface area contributed by atoms with Gasteiger partial charge >= 0.3 is 0 Å². The topological polar surface area (TPSA) is 39.9 Å². The number of hydrogen-bond acceptors (Lipinski definition) is 4. The summed E-state index contributed by atoms with van der Waals surface area (Å²) >= 11 is 11.4. The molecule has 4 nitrogen and oxygen atoms in total. The summed E-state index contributed by atoms with van der Waals surface area (Å²) in [6.45, 7) is 8.43. The van der Waals surface area contributed by atoms with Crippen LogP contribution in [0.3, 0.4) is 0 Å². The van der Waals surface area contributed by atoms with Gasteiger partial charge in [0.05, 0.1) is 5.02 Å². The molecule has 0 saturated heterocycles. The molecule has 1 atom stereocenters. The first-order valence-electron chi connectivity index (χ1n) is 8.82. The lowest BCUT2D eigenvalue weighted by molar-refractivity contribution is 0.210. The van der Waals surface area contributed by atoms with Crippen LogP contribution in [0.25, 0.3) is 0 Å². The molecule has 3 rings (SSSR count). The molecule has 0 N–H and O–H groups in total. The number of rotatable bonds is 8. The quantitative estimate of drug-likeness (QED) is 0.269. The summed E-state index contributed by atoms with van der Waals surface area (Å²) in [5.41, 5.74) is 2.30. The van der Waals surface area contributed by atoms with Gasteiger partial charge in [-0.1, -0.05) is 63.6 Å². The number of aryl methyl sites for hydroxylation is 1. The number of benzene rings is 2. The highest BCUT2D eigenvalue weighted by Gasteiger charge is 2.20. The third-order valence-corrected chi connectivity index (χ3v) is 5.91. The lowest BCUT2D eigenvalue weighted by Gasteiger charge is -2.17. The van der Waals surface area contributed by atoms with Crippen LogP contribution in [0.4, 0.5) is 0 Å². The van der Waals surface area contributed by atoms with E-state index in [1.807, 2.05) is 54.8 Å². The molecule has 0 amide bonds. The first kappa shape index (κ1) is 21.0. The van der Waals surface area contributed by atoms with Gasteiger partial charge in [-0.15, -0.1) is 16.8 Å². The van der Waals surface area contributed by atoms with Crippen molar-refractivity contribution in [2.24, 2.45) is 0 Å². The Morgan fingerprint density at radius 3 is 2.86 bits per heavy atom. The molecule has 1 heterocycles. The summed E-state index contributed by atoms with van der Waals surface area (Å²) in [6.07, 6.45) is 1.54. The van der Waals surface area contributed by atoms with Gasteiger partial charge in [-0.25, -0.2) is 0 Å². The fraction of sp³-hybridized carbons (Fsp3) is 0.238. The molecule has 0 aliphatic heterocycles. The summed E-state index contributed by atoms with van der Waals surface area (Å²) in [5.74, 6) is 2.19. The fourth-order valence-corrected chi connectivity index (χ4v) is 4.23. The van der Waals surface area contributed by atoms with Crippen LogP contribution in [0, 0.1) is 6.92 Å². The number of ether oxygens (including phenoxy) is 1. The van der Waals surface area contributed by atoms with Crippen molar-refractivity contribution in [1.82, 2.24) is 14.8 Å². The van der Waals surface area contributed by atoms with Crippen LogP contribution in [0.15, 0.2) is 64.7 Å². The highest BCUT2D eigenvalue weighted by molar-refractivity contribution is 9.10. The molecule has 7 heteroatoms. The van der Waals surface area contributed by atoms with Gasteiger partial charge in [0.15, 0.2) is 17.1 Å². The zero-order valence-electron chi connectivity index (χ0n) is 15.7. The molecule has 0 fully saturated rings. The van der Waals surface area contributed by atoms with Crippen molar-refractivity contribution in [1.29, 1.82) is 0 Å². The Balaban J connectivity index is 1.79. The Bertz CT molecular complexity index is 976. The van der Waals surface area contributed by atoms with Crippen LogP contribution in [0.5, 0.6) is 5.75 Å². The Morgan fingerprint density at radius 1 is 1.29 bits per heavy atom. The van der Waals surface area contributed by atoms with E-state index in [9.17, 15) is 0 Å². The number of thioether (sulfide) groups is 1. The predicted molar refractivity (Wildman–Crippen MR) is 119 cm³/mol. The van der Waals surface area contributed by atoms with E-state index in [1.54, 1.807) is 11.8 Å². The van der Waals surface area contributed by atoms with Gasteiger partial charge in [0.25, 0.3) is 0 Å². The summed E-state index contributed by atoms with van der Waals surface area (Å²) in [6, 6.07) is 14.0. The number of halogens is 2. The lowest BCUT2D eigenvalue weighted by Crippen LogP contribution is -2.12. The summed E-state index contributed by atoms with van der Waals surface area (Å²) in [5, 5.41) is 10.2. The van der Waals surface area contributed by atoms with Gasteiger partial charge in [0.2, 0.25) is 0 Å². The molecule has 0 radical (unpaired) electrons. The van der Waals surface area contributed by atoms with E-state index in [-0.39, 0.29) is 6.10 Å². The van der Waals surface area contributed by atoms with E-state index in [0.717, 1.165) is 26.8 Å². The minimum atomic E-state index is -0.299. The average Bonchev–Trinajstić information content (AvgIpc) is 3.06. The van der Waals surface area contributed by atoms with Crippen molar-refractivity contribution in [3.05, 3.63) is 81.6 Å². The van der Waals surface area contributed by atoms with Crippen molar-refractivity contribution < 1.29 is 4.74 Å². The van der Waals surface area contributed by atoms with Crippen molar-refractivity contribution in [2.75, 3.05) is 0 Å². The molecule has 2 aromatic carbocycles. The second-order valence-corrected chi connectivity index (χ2v) is 8.62. The van der Waals surface area contributed by atoms with E-state index in [1.165, 1.54) is 5.56 Å². The van der Waals surface area contributed by atoms with Gasteiger partial charge in [-0.3, -0.25) is 4.57 Å². The molecular weight excluding hydrogens is 458 g/mol. The zero-order chi connectivity index (χ0) is 20.1. The smallest absolute Gasteiger partial charge is 0.191 e. The zero-order valence-corrected chi connectivity index (χ0v) is 18.9. The molecule has 0 aliphatic carbocycles. The minimum Gasteiger partial charge on any atom is -0.481 e. The average molecular weight is 479 g/mol. The van der Waals surface area contributed by atoms with Crippen LogP contribution < -0.4 is 4.74 Å². The lowest BCUT2D eigenvalue weighted by atomic mass is 10.2. The maximum Gasteiger partial charge on any atom is 0.191 e. The molecule has 0 spiro atoms. The molecule has 146 valence electrons. The van der Waals surface area contributed by atoms with E-state index in [0.29, 0.717) is 17.3 Å². The molecule has 0 saturated carbocycles. The van der Waals surface area contributed by atoms with E-state index in [2.05, 4.69) is 44.8 Å². The molecule has 28 heavy (non-hydrogen) atoms. The van der Waals surface area contributed by atoms with E-state index < -0.39 is 0 Å². The highest BCUT2D eigenvalue weighted by atomic mass is 79.9. The Labute approximate surface area is 183 Å². The number of allylic oxidation sites excluding steroid dienone is 1. The largest absolute Gasteiger partial charge is 0.481 e. The van der Waals surface area contributed by atoms with Gasteiger partial charge in [0.1, 0.15) is 5.75 Å². The third kappa shape index (κ3) is 5.19. The molecule has 1 aromatic heterocycles. The summed E-state index contributed by atoms with van der Waals surface area (Å²) in [4.78, 5) is 0. The Hall–Kier alpha value is -1.76. The first-order valence-corrected chi connectivity index (χ1v) is 11.0. The Morgan fingerprint density at radius 2 is 2.11 bits per heavy atom. The minimum absolute atomic E-state index is 0.299. The maximum absolute atomic E-state index is 6.27. The normalized spacial score (nSPS) is 12.0. The summed E-state index contributed by atoms with van der Waals surface area (Å²) < 4.78 is 9.18.